The first-order valence-corrected chi connectivity index (χ1v) is 7.07. The molecule has 3 N–H and O–H groups in total. The van der Waals surface area contributed by atoms with Crippen molar-refractivity contribution >= 4 is 18.3 Å². The largest absolute Gasteiger partial charge is 0.378 e. The van der Waals surface area contributed by atoms with E-state index in [1.165, 1.54) is 0 Å². The standard InChI is InChI=1S/C15H20N4OS/c1-19(2)13-8-10-14(11-9-13,15(16,20)21)18-17-12-6-4-3-5-7-12/h3-10,20-21H,11,16H2,1-2H3/t14-,15+/m0/s1. The Morgan fingerprint density at radius 1 is 1.33 bits per heavy atom. The molecule has 112 valence electrons. The summed E-state index contributed by atoms with van der Waals surface area (Å²) in [6.45, 7) is 0. The Bertz CT molecular complexity index is 575. The molecular formula is C15H20N4OS. The molecule has 6 heteroatoms. The molecule has 21 heavy (non-hydrogen) atoms. The van der Waals surface area contributed by atoms with E-state index >= 15 is 0 Å². The van der Waals surface area contributed by atoms with E-state index in [0.717, 1.165) is 5.70 Å². The normalized spacial score (nSPS) is 24.7. The summed E-state index contributed by atoms with van der Waals surface area (Å²) in [4.78, 5) is 1.98. The summed E-state index contributed by atoms with van der Waals surface area (Å²) in [5, 5.41) is 16.8. The fourth-order valence-corrected chi connectivity index (χ4v) is 2.22. The third-order valence-electron chi connectivity index (χ3n) is 3.41. The van der Waals surface area contributed by atoms with Crippen molar-refractivity contribution < 1.29 is 5.11 Å². The Morgan fingerprint density at radius 3 is 2.48 bits per heavy atom. The third kappa shape index (κ3) is 3.53. The molecule has 0 bridgehead atoms. The zero-order valence-electron chi connectivity index (χ0n) is 12.1. The van der Waals surface area contributed by atoms with Crippen molar-refractivity contribution in [1.29, 1.82) is 0 Å². The molecule has 1 aromatic rings. The molecule has 1 aliphatic rings. The van der Waals surface area contributed by atoms with E-state index in [1.54, 1.807) is 6.08 Å². The lowest BCUT2D eigenvalue weighted by Crippen LogP contribution is -2.54. The second-order valence-corrected chi connectivity index (χ2v) is 5.93. The van der Waals surface area contributed by atoms with Crippen LogP contribution in [0.1, 0.15) is 6.42 Å². The SMILES string of the molecule is CN(C)C1=CC[C@](N=Nc2ccccc2)([C@@](N)(O)S)C=C1. The molecule has 0 amide bonds. The van der Waals surface area contributed by atoms with Gasteiger partial charge in [0, 0.05) is 26.2 Å². The minimum Gasteiger partial charge on any atom is -0.378 e. The second-order valence-electron chi connectivity index (χ2n) is 5.25. The quantitative estimate of drug-likeness (QED) is 0.454. The number of nitrogens with zero attached hydrogens (tertiary/aromatic N) is 3. The first kappa shape index (κ1) is 15.8. The Balaban J connectivity index is 2.30. The highest BCUT2D eigenvalue weighted by Crippen LogP contribution is 2.36. The first-order chi connectivity index (χ1) is 9.84. The van der Waals surface area contributed by atoms with E-state index in [0.29, 0.717) is 12.1 Å². The fraction of sp³-hybridized carbons (Fsp3) is 0.333. The summed E-state index contributed by atoms with van der Waals surface area (Å²) in [7, 11) is 3.90. The van der Waals surface area contributed by atoms with Crippen LogP contribution < -0.4 is 5.73 Å². The Kier molecular flexibility index (Phi) is 4.51. The zero-order valence-corrected chi connectivity index (χ0v) is 13.0. The maximum atomic E-state index is 10.2. The van der Waals surface area contributed by atoms with Crippen molar-refractivity contribution in [3.8, 4) is 0 Å². The molecule has 0 saturated heterocycles. The monoisotopic (exact) mass is 304 g/mol. The number of likely N-dealkylation sites (N-methyl/N-ethyl adjacent to an activating group) is 1. The average Bonchev–Trinajstić information content (AvgIpc) is 2.45. The molecule has 0 spiro atoms. The van der Waals surface area contributed by atoms with Gasteiger partial charge in [0.1, 0.15) is 0 Å². The van der Waals surface area contributed by atoms with Gasteiger partial charge in [-0.25, -0.2) is 0 Å². The van der Waals surface area contributed by atoms with E-state index in [4.69, 9.17) is 5.73 Å². The number of rotatable bonds is 4. The van der Waals surface area contributed by atoms with Crippen LogP contribution in [0.15, 0.2) is 64.5 Å². The minimum atomic E-state index is -1.80. The van der Waals surface area contributed by atoms with E-state index in [1.807, 2.05) is 61.5 Å². The van der Waals surface area contributed by atoms with Crippen LogP contribution in [0.25, 0.3) is 0 Å². The highest BCUT2D eigenvalue weighted by Gasteiger charge is 2.45. The predicted octanol–water partition coefficient (Wildman–Crippen LogP) is 2.45. The van der Waals surface area contributed by atoms with Crippen LogP contribution in [0.5, 0.6) is 0 Å². The molecular weight excluding hydrogens is 284 g/mol. The van der Waals surface area contributed by atoms with Gasteiger partial charge >= 0.3 is 0 Å². The van der Waals surface area contributed by atoms with Crippen LogP contribution in [-0.4, -0.2) is 34.7 Å². The van der Waals surface area contributed by atoms with Crippen LogP contribution in [0, 0.1) is 0 Å². The second kappa shape index (κ2) is 6.01. The number of nitrogens with two attached hydrogens (primary N) is 1. The van der Waals surface area contributed by atoms with E-state index < -0.39 is 10.6 Å². The van der Waals surface area contributed by atoms with Gasteiger partial charge < -0.3 is 10.0 Å². The molecule has 1 aromatic carbocycles. The lowest BCUT2D eigenvalue weighted by Gasteiger charge is -2.37. The maximum absolute atomic E-state index is 10.2. The van der Waals surface area contributed by atoms with Crippen LogP contribution in [0.2, 0.25) is 0 Å². The summed E-state index contributed by atoms with van der Waals surface area (Å²) in [5.74, 6) is 0. The van der Waals surface area contributed by atoms with Gasteiger partial charge in [0.15, 0.2) is 10.6 Å². The number of benzene rings is 1. The lowest BCUT2D eigenvalue weighted by molar-refractivity contribution is 0.0799. The van der Waals surface area contributed by atoms with Gasteiger partial charge in [0.05, 0.1) is 5.69 Å². The number of azo groups is 1. The van der Waals surface area contributed by atoms with Crippen LogP contribution in [-0.2, 0) is 0 Å². The number of allylic oxidation sites excluding steroid dienone is 1. The molecule has 0 heterocycles. The molecule has 0 aromatic heterocycles. The highest BCUT2D eigenvalue weighted by molar-refractivity contribution is 7.81. The summed E-state index contributed by atoms with van der Waals surface area (Å²) >= 11 is 4.10. The number of thiol groups is 1. The van der Waals surface area contributed by atoms with Crippen LogP contribution in [0.3, 0.4) is 0 Å². The maximum Gasteiger partial charge on any atom is 0.190 e. The molecule has 0 unspecified atom stereocenters. The lowest BCUT2D eigenvalue weighted by atomic mass is 9.89. The summed E-state index contributed by atoms with van der Waals surface area (Å²) < 4.78 is 0. The van der Waals surface area contributed by atoms with E-state index in [-0.39, 0.29) is 0 Å². The van der Waals surface area contributed by atoms with Crippen molar-refractivity contribution in [1.82, 2.24) is 4.90 Å². The van der Waals surface area contributed by atoms with Crippen LogP contribution in [0.4, 0.5) is 5.69 Å². The van der Waals surface area contributed by atoms with Gasteiger partial charge in [-0.05, 0) is 24.3 Å². The fourth-order valence-electron chi connectivity index (χ4n) is 2.01. The Hall–Kier alpha value is -1.63. The average molecular weight is 304 g/mol. The smallest absolute Gasteiger partial charge is 0.190 e. The highest BCUT2D eigenvalue weighted by atomic mass is 32.1. The van der Waals surface area contributed by atoms with Gasteiger partial charge in [-0.15, -0.1) is 12.6 Å². The molecule has 2 atom stereocenters. The van der Waals surface area contributed by atoms with Crippen molar-refractivity contribution in [3.63, 3.8) is 0 Å². The van der Waals surface area contributed by atoms with E-state index in [2.05, 4.69) is 22.9 Å². The summed E-state index contributed by atoms with van der Waals surface area (Å²) in [5.41, 5.74) is 6.44. The summed E-state index contributed by atoms with van der Waals surface area (Å²) in [6.07, 6.45) is 5.99. The van der Waals surface area contributed by atoms with Gasteiger partial charge in [-0.3, -0.25) is 5.73 Å². The third-order valence-corrected chi connectivity index (χ3v) is 3.79. The number of hydrogen-bond acceptors (Lipinski definition) is 6. The molecule has 0 saturated carbocycles. The predicted molar refractivity (Wildman–Crippen MR) is 87.3 cm³/mol. The molecule has 2 rings (SSSR count). The van der Waals surface area contributed by atoms with Crippen molar-refractivity contribution in [2.24, 2.45) is 16.0 Å². The number of aliphatic hydroxyl groups is 1. The van der Waals surface area contributed by atoms with Crippen molar-refractivity contribution in [2.75, 3.05) is 14.1 Å². The topological polar surface area (TPSA) is 74.2 Å². The molecule has 5 nitrogen and oxygen atoms in total. The Labute approximate surface area is 130 Å². The first-order valence-electron chi connectivity index (χ1n) is 6.62. The van der Waals surface area contributed by atoms with Crippen molar-refractivity contribution in [3.05, 3.63) is 54.3 Å². The molecule has 1 aliphatic carbocycles. The molecule has 0 radical (unpaired) electrons. The molecule has 0 fully saturated rings. The van der Waals surface area contributed by atoms with Gasteiger partial charge in [0.25, 0.3) is 0 Å². The van der Waals surface area contributed by atoms with Crippen LogP contribution >= 0.6 is 12.6 Å². The Morgan fingerprint density at radius 2 is 2.00 bits per heavy atom. The molecule has 0 aliphatic heterocycles. The van der Waals surface area contributed by atoms with Crippen molar-refractivity contribution in [2.45, 2.75) is 17.0 Å². The van der Waals surface area contributed by atoms with Gasteiger partial charge in [-0.1, -0.05) is 24.3 Å². The number of hydrogen-bond donors (Lipinski definition) is 3. The minimum absolute atomic E-state index is 0.420. The van der Waals surface area contributed by atoms with Gasteiger partial charge in [0.2, 0.25) is 0 Å². The van der Waals surface area contributed by atoms with E-state index in [9.17, 15) is 5.11 Å². The van der Waals surface area contributed by atoms with Gasteiger partial charge in [-0.2, -0.15) is 10.2 Å². The summed E-state index contributed by atoms with van der Waals surface area (Å²) in [6, 6.07) is 9.31. The zero-order chi connectivity index (χ0) is 15.5.